The minimum Gasteiger partial charge on any atom is -0.387 e. The lowest BCUT2D eigenvalue weighted by Gasteiger charge is -2.26. The third-order valence-corrected chi connectivity index (χ3v) is 3.45. The molecule has 1 N–H and O–H groups in total. The molecule has 0 saturated carbocycles. The van der Waals surface area contributed by atoms with Crippen molar-refractivity contribution in [2.45, 2.75) is 70.0 Å². The molecule has 3 aliphatic rings. The number of aliphatic hydroxyl groups excluding tert-OH is 1. The van der Waals surface area contributed by atoms with E-state index in [2.05, 4.69) is 0 Å². The Hall–Kier alpha value is -0.240. The topological polar surface area (TPSA) is 66.4 Å². The summed E-state index contributed by atoms with van der Waals surface area (Å²) in [5.41, 5.74) is 0. The van der Waals surface area contributed by atoms with Crippen LogP contribution in [-0.4, -0.2) is 54.0 Å². The Bertz CT molecular complexity index is 341. The van der Waals surface area contributed by atoms with Gasteiger partial charge in [-0.1, -0.05) is 0 Å². The molecule has 5 atom stereocenters. The fourth-order valence-corrected chi connectivity index (χ4v) is 2.70. The van der Waals surface area contributed by atoms with Crippen LogP contribution in [0.15, 0.2) is 0 Å². The van der Waals surface area contributed by atoms with Crippen LogP contribution in [0.25, 0.3) is 0 Å². The summed E-state index contributed by atoms with van der Waals surface area (Å²) in [5, 5.41) is 10.3. The van der Waals surface area contributed by atoms with Gasteiger partial charge in [0, 0.05) is 0 Å². The van der Waals surface area contributed by atoms with Crippen molar-refractivity contribution in [3.63, 3.8) is 0 Å². The smallest absolute Gasteiger partial charge is 0.190 e. The molecule has 0 aliphatic carbocycles. The highest BCUT2D eigenvalue weighted by atomic mass is 16.8. The van der Waals surface area contributed by atoms with Gasteiger partial charge in [0.05, 0.1) is 6.61 Å². The first-order chi connectivity index (χ1) is 8.27. The normalized spacial score (nSPS) is 49.5. The van der Waals surface area contributed by atoms with Crippen LogP contribution in [-0.2, 0) is 23.7 Å². The van der Waals surface area contributed by atoms with Gasteiger partial charge in [-0.05, 0) is 27.7 Å². The van der Waals surface area contributed by atoms with Crippen molar-refractivity contribution in [1.29, 1.82) is 0 Å². The van der Waals surface area contributed by atoms with E-state index < -0.39 is 36.2 Å². The molecule has 0 aromatic rings. The highest BCUT2D eigenvalue weighted by Gasteiger charge is 2.57. The van der Waals surface area contributed by atoms with Crippen molar-refractivity contribution in [3.8, 4) is 0 Å². The molecule has 0 radical (unpaired) electrons. The summed E-state index contributed by atoms with van der Waals surface area (Å²) in [6, 6.07) is 0. The van der Waals surface area contributed by atoms with Crippen molar-refractivity contribution in [2.75, 3.05) is 6.61 Å². The number of hydrogen-bond acceptors (Lipinski definition) is 6. The number of hydrogen-bond donors (Lipinski definition) is 1. The maximum atomic E-state index is 10.3. The quantitative estimate of drug-likeness (QED) is 0.735. The van der Waals surface area contributed by atoms with Gasteiger partial charge in [0.25, 0.3) is 0 Å². The van der Waals surface area contributed by atoms with Crippen LogP contribution < -0.4 is 0 Å². The highest BCUT2D eigenvalue weighted by Crippen LogP contribution is 2.40. The molecule has 18 heavy (non-hydrogen) atoms. The molecule has 0 amide bonds. The number of aliphatic hydroxyl groups is 1. The zero-order valence-electron chi connectivity index (χ0n) is 11.1. The van der Waals surface area contributed by atoms with Gasteiger partial charge in [-0.3, -0.25) is 0 Å². The van der Waals surface area contributed by atoms with Crippen molar-refractivity contribution in [2.24, 2.45) is 0 Å². The van der Waals surface area contributed by atoms with E-state index in [1.165, 1.54) is 0 Å². The minimum absolute atomic E-state index is 0.295. The van der Waals surface area contributed by atoms with Crippen LogP contribution >= 0.6 is 0 Å². The van der Waals surface area contributed by atoms with Crippen LogP contribution in [0, 0.1) is 0 Å². The Morgan fingerprint density at radius 1 is 0.944 bits per heavy atom. The predicted molar refractivity (Wildman–Crippen MR) is 59.6 cm³/mol. The third-order valence-electron chi connectivity index (χ3n) is 3.45. The summed E-state index contributed by atoms with van der Waals surface area (Å²) in [7, 11) is 0. The molecule has 1 unspecified atom stereocenters. The molecule has 3 heterocycles. The van der Waals surface area contributed by atoms with Crippen molar-refractivity contribution < 1.29 is 28.8 Å². The molecule has 6 nitrogen and oxygen atoms in total. The first-order valence-electron chi connectivity index (χ1n) is 6.28. The van der Waals surface area contributed by atoms with E-state index in [0.29, 0.717) is 6.61 Å². The Morgan fingerprint density at radius 2 is 1.67 bits per heavy atom. The first-order valence-corrected chi connectivity index (χ1v) is 6.28. The van der Waals surface area contributed by atoms with E-state index in [4.69, 9.17) is 23.7 Å². The second-order valence-corrected chi connectivity index (χ2v) is 5.93. The molecular weight excluding hydrogens is 240 g/mol. The first kappa shape index (κ1) is 12.8. The predicted octanol–water partition coefficient (Wildman–Crippen LogP) is 0.375. The molecular formula is C12H20O6. The van der Waals surface area contributed by atoms with Gasteiger partial charge in [0.2, 0.25) is 0 Å². The Morgan fingerprint density at radius 3 is 2.22 bits per heavy atom. The fraction of sp³-hybridized carbons (Fsp3) is 1.00. The summed E-state index contributed by atoms with van der Waals surface area (Å²) >= 11 is 0. The lowest BCUT2D eigenvalue weighted by Crippen LogP contribution is -2.42. The van der Waals surface area contributed by atoms with Gasteiger partial charge < -0.3 is 28.8 Å². The second kappa shape index (κ2) is 3.88. The SMILES string of the molecule is CC1(C)OC2[C@H](O[C@H]([C@H]3COC(C)(C)O3)[C@H]2O)O1. The Balaban J connectivity index is 1.68. The summed E-state index contributed by atoms with van der Waals surface area (Å²) < 4.78 is 28.1. The van der Waals surface area contributed by atoms with Crippen LogP contribution in [0.5, 0.6) is 0 Å². The maximum Gasteiger partial charge on any atom is 0.190 e. The zero-order chi connectivity index (χ0) is 13.1. The molecule has 0 aromatic heterocycles. The van der Waals surface area contributed by atoms with Crippen LogP contribution in [0.1, 0.15) is 27.7 Å². The molecule has 3 aliphatic heterocycles. The summed E-state index contributed by atoms with van der Waals surface area (Å²) in [5.74, 6) is -1.35. The lowest BCUT2D eigenvalue weighted by molar-refractivity contribution is -0.232. The van der Waals surface area contributed by atoms with Crippen molar-refractivity contribution >= 4 is 0 Å². The summed E-state index contributed by atoms with van der Waals surface area (Å²) in [6.45, 7) is 7.68. The molecule has 0 aromatic carbocycles. The Kier molecular flexibility index (Phi) is 2.75. The lowest BCUT2D eigenvalue weighted by atomic mass is 10.1. The average molecular weight is 260 g/mol. The molecule has 6 heteroatoms. The molecule has 3 rings (SSSR count). The number of ether oxygens (including phenoxy) is 5. The van der Waals surface area contributed by atoms with Gasteiger partial charge in [-0.25, -0.2) is 0 Å². The van der Waals surface area contributed by atoms with E-state index >= 15 is 0 Å². The minimum atomic E-state index is -0.765. The summed E-state index contributed by atoms with van der Waals surface area (Å²) in [4.78, 5) is 0. The number of fused-ring (bicyclic) bond motifs is 1. The molecule has 0 spiro atoms. The monoisotopic (exact) mass is 260 g/mol. The second-order valence-electron chi connectivity index (χ2n) is 5.93. The van der Waals surface area contributed by atoms with Gasteiger partial charge in [0.1, 0.15) is 24.4 Å². The average Bonchev–Trinajstić information content (AvgIpc) is 2.81. The van der Waals surface area contributed by atoms with Gasteiger partial charge in [0.15, 0.2) is 17.9 Å². The van der Waals surface area contributed by atoms with E-state index in [1.54, 1.807) is 13.8 Å². The zero-order valence-corrected chi connectivity index (χ0v) is 11.1. The maximum absolute atomic E-state index is 10.3. The van der Waals surface area contributed by atoms with E-state index in [-0.39, 0.29) is 6.10 Å². The molecule has 104 valence electrons. The Labute approximate surface area is 106 Å². The standard InChI is InChI=1S/C12H20O6/c1-11(2)14-5-6(16-11)8-7(13)9-10(15-8)18-12(3,4)17-9/h6-10,13H,5H2,1-4H3/t6-,7-,8-,9?,10-/m1/s1. The van der Waals surface area contributed by atoms with Gasteiger partial charge in [-0.15, -0.1) is 0 Å². The van der Waals surface area contributed by atoms with Crippen LogP contribution in [0.2, 0.25) is 0 Å². The van der Waals surface area contributed by atoms with Gasteiger partial charge in [-0.2, -0.15) is 0 Å². The molecule has 3 fully saturated rings. The fourth-order valence-electron chi connectivity index (χ4n) is 2.70. The number of rotatable bonds is 1. The largest absolute Gasteiger partial charge is 0.387 e. The summed E-state index contributed by atoms with van der Waals surface area (Å²) in [6.07, 6.45) is -2.53. The van der Waals surface area contributed by atoms with Crippen molar-refractivity contribution in [1.82, 2.24) is 0 Å². The van der Waals surface area contributed by atoms with Crippen LogP contribution in [0.3, 0.4) is 0 Å². The third kappa shape index (κ3) is 2.07. The van der Waals surface area contributed by atoms with E-state index in [0.717, 1.165) is 0 Å². The van der Waals surface area contributed by atoms with E-state index in [9.17, 15) is 5.11 Å². The highest BCUT2D eigenvalue weighted by molar-refractivity contribution is 4.97. The van der Waals surface area contributed by atoms with E-state index in [1.807, 2.05) is 13.8 Å². The van der Waals surface area contributed by atoms with Crippen LogP contribution in [0.4, 0.5) is 0 Å². The molecule has 0 bridgehead atoms. The van der Waals surface area contributed by atoms with Gasteiger partial charge >= 0.3 is 0 Å². The van der Waals surface area contributed by atoms with Crippen molar-refractivity contribution in [3.05, 3.63) is 0 Å². The molecule has 3 saturated heterocycles.